The Labute approximate surface area is 98.2 Å². The average Bonchev–Trinajstić information content (AvgIpc) is 2.29. The van der Waals surface area contributed by atoms with Crippen LogP contribution in [-0.2, 0) is 6.42 Å². The molecule has 1 aromatic rings. The minimum absolute atomic E-state index is 0.869. The molecule has 1 N–H and O–H groups in total. The first-order valence-electron chi connectivity index (χ1n) is 5.59. The van der Waals surface area contributed by atoms with Gasteiger partial charge < -0.3 is 5.32 Å². The van der Waals surface area contributed by atoms with Crippen LogP contribution in [0, 0.1) is 0 Å². The van der Waals surface area contributed by atoms with E-state index in [1.807, 2.05) is 24.3 Å². The lowest BCUT2D eigenvalue weighted by atomic mass is 10.1. The molecule has 0 bridgehead atoms. The molecule has 0 spiro atoms. The van der Waals surface area contributed by atoms with Gasteiger partial charge >= 0.3 is 0 Å². The van der Waals surface area contributed by atoms with Crippen LogP contribution >= 0.6 is 0 Å². The topological polar surface area (TPSA) is 12.0 Å². The molecule has 84 valence electrons. The van der Waals surface area contributed by atoms with Crippen molar-refractivity contribution in [2.45, 2.75) is 19.8 Å². The number of hydrogen-bond donors (Lipinski definition) is 1. The monoisotopic (exact) mass is 213 g/mol. The first-order valence-corrected chi connectivity index (χ1v) is 5.59. The Morgan fingerprint density at radius 1 is 1.38 bits per heavy atom. The number of nitrogens with one attached hydrogen (secondary N) is 1. The summed E-state index contributed by atoms with van der Waals surface area (Å²) in [5.74, 6) is 0. The predicted octanol–water partition coefficient (Wildman–Crippen LogP) is 4.31. The Hall–Kier alpha value is -1.76. The summed E-state index contributed by atoms with van der Waals surface area (Å²) in [6, 6.07) is 8.21. The third kappa shape index (κ3) is 3.77. The summed E-state index contributed by atoms with van der Waals surface area (Å²) in [5, 5.41) is 3.30. The number of allylic oxidation sites excluding steroid dienone is 3. The molecule has 0 fully saturated rings. The summed E-state index contributed by atoms with van der Waals surface area (Å²) in [5.41, 5.74) is 3.26. The Balaban J connectivity index is 2.75. The molecule has 1 nitrogen and oxygen atoms in total. The highest BCUT2D eigenvalue weighted by molar-refractivity contribution is 5.56. The highest BCUT2D eigenvalue weighted by Crippen LogP contribution is 2.17. The first-order chi connectivity index (χ1) is 7.77. The second-order valence-electron chi connectivity index (χ2n) is 3.61. The Bertz CT molecular complexity index is 388. The zero-order valence-electron chi connectivity index (χ0n) is 9.87. The summed E-state index contributed by atoms with van der Waals surface area (Å²) < 4.78 is 0. The minimum Gasteiger partial charge on any atom is -0.356 e. The fraction of sp³-hybridized carbons (Fsp3) is 0.200. The third-order valence-electron chi connectivity index (χ3n) is 2.23. The number of rotatable bonds is 6. The van der Waals surface area contributed by atoms with Gasteiger partial charge in [-0.05, 0) is 30.5 Å². The Morgan fingerprint density at radius 2 is 2.12 bits per heavy atom. The van der Waals surface area contributed by atoms with Crippen molar-refractivity contribution in [1.29, 1.82) is 0 Å². The third-order valence-corrected chi connectivity index (χ3v) is 2.23. The van der Waals surface area contributed by atoms with Gasteiger partial charge in [-0.25, -0.2) is 0 Å². The zero-order valence-corrected chi connectivity index (χ0v) is 9.87. The van der Waals surface area contributed by atoms with Gasteiger partial charge in [0.15, 0.2) is 0 Å². The average molecular weight is 213 g/mol. The zero-order chi connectivity index (χ0) is 11.8. The molecule has 1 aromatic carbocycles. The Kier molecular flexibility index (Phi) is 5.13. The van der Waals surface area contributed by atoms with E-state index in [0.717, 1.165) is 24.2 Å². The van der Waals surface area contributed by atoms with Gasteiger partial charge in [0.2, 0.25) is 0 Å². The molecule has 0 saturated carbocycles. The first kappa shape index (κ1) is 12.3. The molecule has 1 heteroatoms. The van der Waals surface area contributed by atoms with Crippen molar-refractivity contribution < 1.29 is 0 Å². The van der Waals surface area contributed by atoms with Gasteiger partial charge in [0.1, 0.15) is 0 Å². The van der Waals surface area contributed by atoms with Crippen LogP contribution in [0.15, 0.2) is 61.3 Å². The fourth-order valence-electron chi connectivity index (χ4n) is 1.45. The van der Waals surface area contributed by atoms with Crippen molar-refractivity contribution in [3.63, 3.8) is 0 Å². The van der Waals surface area contributed by atoms with E-state index in [2.05, 4.69) is 43.6 Å². The minimum atomic E-state index is 0.869. The van der Waals surface area contributed by atoms with Gasteiger partial charge in [0.05, 0.1) is 0 Å². The van der Waals surface area contributed by atoms with Gasteiger partial charge in [-0.2, -0.15) is 0 Å². The molecule has 0 heterocycles. The summed E-state index contributed by atoms with van der Waals surface area (Å²) in [7, 11) is 0. The molecule has 0 unspecified atom stereocenters. The van der Waals surface area contributed by atoms with Crippen LogP contribution in [0.3, 0.4) is 0 Å². The van der Waals surface area contributed by atoms with E-state index in [9.17, 15) is 0 Å². The summed E-state index contributed by atoms with van der Waals surface area (Å²) in [6.07, 6.45) is 7.89. The van der Waals surface area contributed by atoms with Crippen LogP contribution in [0.25, 0.3) is 0 Å². The molecule has 0 aliphatic heterocycles. The summed E-state index contributed by atoms with van der Waals surface area (Å²) in [6.45, 7) is 9.83. The van der Waals surface area contributed by atoms with E-state index in [1.54, 1.807) is 0 Å². The molecule has 1 rings (SSSR count). The van der Waals surface area contributed by atoms with E-state index in [-0.39, 0.29) is 0 Å². The molecule has 16 heavy (non-hydrogen) atoms. The predicted molar refractivity (Wildman–Crippen MR) is 72.5 cm³/mol. The number of benzene rings is 1. The van der Waals surface area contributed by atoms with Crippen molar-refractivity contribution in [2.75, 3.05) is 5.32 Å². The van der Waals surface area contributed by atoms with Crippen molar-refractivity contribution in [1.82, 2.24) is 0 Å². The highest BCUT2D eigenvalue weighted by Gasteiger charge is 1.99. The maximum absolute atomic E-state index is 3.96. The van der Waals surface area contributed by atoms with E-state index in [4.69, 9.17) is 0 Å². The van der Waals surface area contributed by atoms with Crippen LogP contribution in [0.4, 0.5) is 5.69 Å². The smallest absolute Gasteiger partial charge is 0.0419 e. The fourth-order valence-corrected chi connectivity index (χ4v) is 1.45. The maximum Gasteiger partial charge on any atom is 0.0419 e. The summed E-state index contributed by atoms with van der Waals surface area (Å²) in [4.78, 5) is 0. The molecule has 0 aliphatic rings. The van der Waals surface area contributed by atoms with Gasteiger partial charge in [-0.1, -0.05) is 43.9 Å². The van der Waals surface area contributed by atoms with Crippen LogP contribution in [0.5, 0.6) is 0 Å². The largest absolute Gasteiger partial charge is 0.356 e. The lowest BCUT2D eigenvalue weighted by Crippen LogP contribution is -1.98. The number of hydrogen-bond acceptors (Lipinski definition) is 1. The van der Waals surface area contributed by atoms with E-state index in [0.29, 0.717) is 0 Å². The van der Waals surface area contributed by atoms with Crippen molar-refractivity contribution >= 4 is 5.69 Å². The quantitative estimate of drug-likeness (QED) is 0.548. The van der Waals surface area contributed by atoms with Crippen LogP contribution in [0.2, 0.25) is 0 Å². The van der Waals surface area contributed by atoms with E-state index in [1.165, 1.54) is 5.56 Å². The second-order valence-corrected chi connectivity index (χ2v) is 3.61. The molecule has 0 aromatic heterocycles. The van der Waals surface area contributed by atoms with Gasteiger partial charge in [-0.3, -0.25) is 0 Å². The molecule has 0 atom stereocenters. The van der Waals surface area contributed by atoms with Crippen molar-refractivity contribution in [3.05, 3.63) is 66.9 Å². The van der Waals surface area contributed by atoms with Crippen LogP contribution in [-0.4, -0.2) is 0 Å². The summed E-state index contributed by atoms with van der Waals surface area (Å²) >= 11 is 0. The van der Waals surface area contributed by atoms with Crippen molar-refractivity contribution in [3.8, 4) is 0 Å². The normalized spacial score (nSPS) is 10.3. The van der Waals surface area contributed by atoms with E-state index < -0.39 is 0 Å². The highest BCUT2D eigenvalue weighted by atomic mass is 14.9. The molecule has 0 aliphatic carbocycles. The van der Waals surface area contributed by atoms with Crippen LogP contribution in [0.1, 0.15) is 18.9 Å². The molecule has 0 saturated heterocycles. The van der Waals surface area contributed by atoms with Gasteiger partial charge in [0, 0.05) is 11.4 Å². The SMILES string of the molecule is C=CCc1ccccc1NC(=C)/C=C\CC. The molecular formula is C15H19N. The van der Waals surface area contributed by atoms with Crippen molar-refractivity contribution in [2.24, 2.45) is 0 Å². The van der Waals surface area contributed by atoms with E-state index >= 15 is 0 Å². The molecule has 0 radical (unpaired) electrons. The maximum atomic E-state index is 3.96. The number of anilines is 1. The Morgan fingerprint density at radius 3 is 2.81 bits per heavy atom. The van der Waals surface area contributed by atoms with Crippen LogP contribution < -0.4 is 5.32 Å². The van der Waals surface area contributed by atoms with Gasteiger partial charge in [0.25, 0.3) is 0 Å². The second kappa shape index (κ2) is 6.67. The number of para-hydroxylation sites is 1. The molecular weight excluding hydrogens is 194 g/mol. The lowest BCUT2D eigenvalue weighted by Gasteiger charge is -2.10. The van der Waals surface area contributed by atoms with Gasteiger partial charge in [-0.15, -0.1) is 6.58 Å². The standard InChI is InChI=1S/C15H19N/c1-4-6-10-13(3)16-15-12-8-7-11-14(15)9-5-2/h5-8,10-12,16H,2-4,9H2,1H3/b10-6-. The lowest BCUT2D eigenvalue weighted by molar-refractivity contribution is 1.21. The molecule has 0 amide bonds.